The minimum absolute atomic E-state index is 0.103. The molecule has 2 bridgehead atoms. The first-order valence-corrected chi connectivity index (χ1v) is 9.48. The fourth-order valence-electron chi connectivity index (χ4n) is 5.09. The third-order valence-electron chi connectivity index (χ3n) is 6.34. The lowest BCUT2D eigenvalue weighted by molar-refractivity contribution is -0.126. The summed E-state index contributed by atoms with van der Waals surface area (Å²) in [5.74, 6) is 1.12. The number of hydrogen-bond donors (Lipinski definition) is 0. The van der Waals surface area contributed by atoms with Crippen molar-refractivity contribution in [1.82, 2.24) is 0 Å². The second kappa shape index (κ2) is 6.75. The van der Waals surface area contributed by atoms with Gasteiger partial charge in [0.15, 0.2) is 0 Å². The zero-order valence-corrected chi connectivity index (χ0v) is 15.4. The number of anilines is 1. The van der Waals surface area contributed by atoms with Crippen molar-refractivity contribution in [2.45, 2.75) is 32.6 Å². The molecule has 136 valence electrons. The largest absolute Gasteiger partial charge is 0.497 e. The Morgan fingerprint density at radius 1 is 1.19 bits per heavy atom. The number of hydrogen-bond acceptors (Lipinski definition) is 3. The van der Waals surface area contributed by atoms with E-state index >= 15 is 0 Å². The van der Waals surface area contributed by atoms with Crippen molar-refractivity contribution < 1.29 is 14.3 Å². The van der Waals surface area contributed by atoms with Gasteiger partial charge < -0.3 is 4.74 Å². The molecule has 26 heavy (non-hydrogen) atoms. The molecule has 0 saturated heterocycles. The number of amides is 2. The van der Waals surface area contributed by atoms with Crippen LogP contribution >= 0.6 is 0 Å². The van der Waals surface area contributed by atoms with Crippen LogP contribution in [0.25, 0.3) is 0 Å². The number of methoxy groups -OCH3 is 1. The van der Waals surface area contributed by atoms with Crippen LogP contribution in [0, 0.1) is 23.7 Å². The van der Waals surface area contributed by atoms with Gasteiger partial charge in [-0.25, -0.2) is 0 Å². The van der Waals surface area contributed by atoms with Gasteiger partial charge in [-0.3, -0.25) is 14.5 Å². The van der Waals surface area contributed by atoms with E-state index in [9.17, 15) is 9.59 Å². The highest BCUT2D eigenvalue weighted by Crippen LogP contribution is 2.55. The lowest BCUT2D eigenvalue weighted by Crippen LogP contribution is -2.39. The molecule has 4 nitrogen and oxygen atoms in total. The number of benzene rings is 1. The van der Waals surface area contributed by atoms with Gasteiger partial charge in [-0.1, -0.05) is 36.3 Å². The Balaban J connectivity index is 1.66. The normalized spacial score (nSPS) is 29.3. The molecule has 0 unspecified atom stereocenters. The van der Waals surface area contributed by atoms with Crippen molar-refractivity contribution in [2.24, 2.45) is 23.7 Å². The zero-order valence-electron chi connectivity index (χ0n) is 15.4. The van der Waals surface area contributed by atoms with E-state index in [4.69, 9.17) is 4.74 Å². The first kappa shape index (κ1) is 17.1. The van der Waals surface area contributed by atoms with E-state index in [-0.39, 0.29) is 23.7 Å². The predicted molar refractivity (Wildman–Crippen MR) is 101 cm³/mol. The summed E-state index contributed by atoms with van der Waals surface area (Å²) < 4.78 is 5.24. The predicted octanol–water partition coefficient (Wildman–Crippen LogP) is 4.12. The lowest BCUT2D eigenvalue weighted by atomic mass is 9.83. The van der Waals surface area contributed by atoms with Crippen molar-refractivity contribution in [3.63, 3.8) is 0 Å². The molecule has 2 amide bonds. The Labute approximate surface area is 154 Å². The maximum Gasteiger partial charge on any atom is 0.237 e. The second-order valence-electron chi connectivity index (χ2n) is 7.60. The van der Waals surface area contributed by atoms with Gasteiger partial charge in [-0.05, 0) is 43.7 Å². The second-order valence-corrected chi connectivity index (χ2v) is 7.60. The molecule has 1 aromatic carbocycles. The average Bonchev–Trinajstić information content (AvgIpc) is 3.37. The van der Waals surface area contributed by atoms with E-state index in [1.165, 1.54) is 36.2 Å². The molecular formula is C22H25NO3. The molecule has 4 atom stereocenters. The van der Waals surface area contributed by atoms with Gasteiger partial charge in [0.25, 0.3) is 0 Å². The molecule has 2 fully saturated rings. The molecule has 2 saturated carbocycles. The van der Waals surface area contributed by atoms with Gasteiger partial charge in [0.05, 0.1) is 18.7 Å². The van der Waals surface area contributed by atoms with Crippen molar-refractivity contribution in [2.75, 3.05) is 12.0 Å². The van der Waals surface area contributed by atoms with Gasteiger partial charge in [0.1, 0.15) is 5.75 Å². The fraction of sp³-hybridized carbons (Fsp3) is 0.455. The number of carbonyl (C=O) groups excluding carboxylic acids is 2. The first-order chi connectivity index (χ1) is 12.7. The van der Waals surface area contributed by atoms with Crippen molar-refractivity contribution >= 4 is 18.0 Å². The smallest absolute Gasteiger partial charge is 0.237 e. The highest BCUT2D eigenvalue weighted by molar-refractivity contribution is 6.08. The van der Waals surface area contributed by atoms with E-state index in [1.54, 1.807) is 30.9 Å². The van der Waals surface area contributed by atoms with Crippen LogP contribution < -0.4 is 9.64 Å². The van der Waals surface area contributed by atoms with Crippen LogP contribution in [0.5, 0.6) is 5.75 Å². The molecule has 4 heteroatoms. The van der Waals surface area contributed by atoms with Crippen LogP contribution in [0.2, 0.25) is 0 Å². The van der Waals surface area contributed by atoms with E-state index < -0.39 is 0 Å². The summed E-state index contributed by atoms with van der Waals surface area (Å²) in [7, 11) is 1.58. The van der Waals surface area contributed by atoms with Crippen molar-refractivity contribution in [1.29, 1.82) is 0 Å². The topological polar surface area (TPSA) is 46.6 Å². The number of nitrogens with zero attached hydrogens (tertiary/aromatic N) is 1. The minimum Gasteiger partial charge on any atom is -0.497 e. The van der Waals surface area contributed by atoms with Crippen LogP contribution in [0.4, 0.5) is 5.69 Å². The summed E-state index contributed by atoms with van der Waals surface area (Å²) in [6.07, 6.45) is 9.97. The van der Waals surface area contributed by atoms with Crippen molar-refractivity contribution in [3.8, 4) is 5.75 Å². The van der Waals surface area contributed by atoms with E-state index in [2.05, 4.69) is 19.1 Å². The molecule has 0 aliphatic heterocycles. The quantitative estimate of drug-likeness (QED) is 0.605. The van der Waals surface area contributed by atoms with Crippen LogP contribution in [0.1, 0.15) is 32.6 Å². The van der Waals surface area contributed by atoms with E-state index in [0.29, 0.717) is 23.8 Å². The number of imide groups is 1. The van der Waals surface area contributed by atoms with Crippen LogP contribution in [-0.2, 0) is 9.59 Å². The Kier molecular flexibility index (Phi) is 4.43. The Hall–Kier alpha value is -2.36. The van der Waals surface area contributed by atoms with Crippen molar-refractivity contribution in [3.05, 3.63) is 47.6 Å². The maximum absolute atomic E-state index is 13.3. The third-order valence-corrected chi connectivity index (χ3v) is 6.34. The molecule has 0 spiro atoms. The van der Waals surface area contributed by atoms with Gasteiger partial charge in [0.2, 0.25) is 12.3 Å². The average molecular weight is 351 g/mol. The van der Waals surface area contributed by atoms with Crippen LogP contribution in [0.3, 0.4) is 0 Å². The number of ether oxygens (including phenoxy) is 1. The minimum atomic E-state index is -0.162. The summed E-state index contributed by atoms with van der Waals surface area (Å²) in [5, 5.41) is 0. The van der Waals surface area contributed by atoms with Gasteiger partial charge in [-0.2, -0.15) is 0 Å². The number of rotatable bonds is 4. The standard InChI is InChI=1S/C22H25NO3/c1-14-18-10-11-19(21(18)15-6-3-4-7-15)20(14)22(25)23(13-24)16-8-5-9-17(12-16)26-2/h5,8-14,18-20H,3-4,6-7H2,1-2H3/t14-,18+,19+,20+/m0/s1. The summed E-state index contributed by atoms with van der Waals surface area (Å²) in [6.45, 7) is 2.15. The Morgan fingerprint density at radius 3 is 2.62 bits per heavy atom. The Bertz CT molecular complexity index is 786. The third kappa shape index (κ3) is 2.59. The highest BCUT2D eigenvalue weighted by atomic mass is 16.5. The van der Waals surface area contributed by atoms with Gasteiger partial charge in [-0.15, -0.1) is 0 Å². The first-order valence-electron chi connectivity index (χ1n) is 9.48. The lowest BCUT2D eigenvalue weighted by Gasteiger charge is -2.27. The van der Waals surface area contributed by atoms with Crippen LogP contribution in [0.15, 0.2) is 47.6 Å². The molecule has 0 radical (unpaired) electrons. The zero-order chi connectivity index (χ0) is 18.3. The molecule has 4 rings (SSSR count). The van der Waals surface area contributed by atoms with E-state index in [0.717, 1.165) is 0 Å². The molecule has 0 heterocycles. The van der Waals surface area contributed by atoms with E-state index in [1.807, 2.05) is 6.07 Å². The molecule has 3 aliphatic carbocycles. The summed E-state index contributed by atoms with van der Waals surface area (Å²) >= 11 is 0. The van der Waals surface area contributed by atoms with Crippen LogP contribution in [-0.4, -0.2) is 19.4 Å². The number of fused-ring (bicyclic) bond motifs is 2. The SMILES string of the molecule is COc1cccc(N(C=O)C(=O)[C@@H]2[C@@H](C)[C@H]3C=C[C@H]2C3=C2CCCC2)c1. The Morgan fingerprint density at radius 2 is 1.92 bits per heavy atom. The summed E-state index contributed by atoms with van der Waals surface area (Å²) in [6, 6.07) is 7.12. The summed E-state index contributed by atoms with van der Waals surface area (Å²) in [5.41, 5.74) is 3.61. The molecule has 0 N–H and O–H groups in total. The highest BCUT2D eigenvalue weighted by Gasteiger charge is 2.51. The molecule has 0 aromatic heterocycles. The molecule has 1 aromatic rings. The monoisotopic (exact) mass is 351 g/mol. The number of allylic oxidation sites excluding steroid dienone is 4. The molecular weight excluding hydrogens is 326 g/mol. The number of carbonyl (C=O) groups is 2. The summed E-state index contributed by atoms with van der Waals surface area (Å²) in [4.78, 5) is 26.4. The fourth-order valence-corrected chi connectivity index (χ4v) is 5.09. The van der Waals surface area contributed by atoms with Gasteiger partial charge >= 0.3 is 0 Å². The molecule has 3 aliphatic rings. The maximum atomic E-state index is 13.3. The van der Waals surface area contributed by atoms with Gasteiger partial charge in [0, 0.05) is 17.9 Å².